The normalized spacial score (nSPS) is 11.4. The van der Waals surface area contributed by atoms with Gasteiger partial charge in [0.05, 0.1) is 18.7 Å². The molecule has 1 aromatic rings. The molecule has 0 atom stereocenters. The first-order valence-corrected chi connectivity index (χ1v) is 6.61. The van der Waals surface area contributed by atoms with E-state index in [1.165, 1.54) is 12.2 Å². The summed E-state index contributed by atoms with van der Waals surface area (Å²) in [4.78, 5) is 36.6. The summed E-state index contributed by atoms with van der Waals surface area (Å²) in [7, 11) is 0. The number of nitrogens with zero attached hydrogens (tertiary/aromatic N) is 3. The minimum atomic E-state index is -1.02. The van der Waals surface area contributed by atoms with Gasteiger partial charge in [-0.25, -0.2) is 28.1 Å². The van der Waals surface area contributed by atoms with Crippen LogP contribution in [0.25, 0.3) is 0 Å². The molecule has 0 unspecified atom stereocenters. The van der Waals surface area contributed by atoms with Crippen molar-refractivity contribution in [2.45, 2.75) is 45.5 Å². The van der Waals surface area contributed by atoms with E-state index in [9.17, 15) is 19.5 Å². The molecule has 0 amide bonds. The summed E-state index contributed by atoms with van der Waals surface area (Å²) in [5.74, 6) is 0. The summed E-state index contributed by atoms with van der Waals surface area (Å²) in [6.45, 7) is 10.2. The number of hydrogen-bond acceptors (Lipinski definition) is 4. The molecule has 1 rings (SSSR count). The van der Waals surface area contributed by atoms with Gasteiger partial charge in [0, 0.05) is 6.54 Å². The number of rotatable bonds is 7. The fraction of sp³-hybridized carbons (Fsp3) is 0.500. The van der Waals surface area contributed by atoms with Crippen LogP contribution in [0.5, 0.6) is 0 Å². The third-order valence-electron chi connectivity index (χ3n) is 2.96. The molecule has 7 heteroatoms. The molecular formula is C14H21N3O4. The van der Waals surface area contributed by atoms with Crippen molar-refractivity contribution in [1.82, 2.24) is 13.7 Å². The van der Waals surface area contributed by atoms with Crippen LogP contribution in [0.1, 0.15) is 20.3 Å². The highest BCUT2D eigenvalue weighted by Gasteiger charge is 2.17. The molecule has 0 spiro atoms. The Balaban J connectivity index is 3.52. The summed E-state index contributed by atoms with van der Waals surface area (Å²) >= 11 is 0. The Kier molecular flexibility index (Phi) is 5.26. The molecule has 0 bridgehead atoms. The molecule has 0 saturated carbocycles. The van der Waals surface area contributed by atoms with Crippen LogP contribution >= 0.6 is 0 Å². The first-order valence-electron chi connectivity index (χ1n) is 6.61. The van der Waals surface area contributed by atoms with E-state index in [1.807, 2.05) is 0 Å². The number of hydrogen-bond donors (Lipinski definition) is 1. The summed E-state index contributed by atoms with van der Waals surface area (Å²) < 4.78 is 2.82. The molecule has 0 fully saturated rings. The van der Waals surface area contributed by atoms with Gasteiger partial charge < -0.3 is 5.11 Å². The zero-order chi connectivity index (χ0) is 16.2. The largest absolute Gasteiger partial charge is 0.390 e. The van der Waals surface area contributed by atoms with E-state index in [1.54, 1.807) is 13.8 Å². The molecule has 116 valence electrons. The molecule has 0 aliphatic heterocycles. The lowest BCUT2D eigenvalue weighted by Crippen LogP contribution is -2.54. The molecule has 0 aliphatic carbocycles. The van der Waals surface area contributed by atoms with E-state index in [-0.39, 0.29) is 26.1 Å². The molecular weight excluding hydrogens is 274 g/mol. The Labute approximate surface area is 122 Å². The maximum absolute atomic E-state index is 12.2. The Bertz CT molecular complexity index is 653. The molecule has 1 N–H and O–H groups in total. The van der Waals surface area contributed by atoms with Gasteiger partial charge in [-0.2, -0.15) is 0 Å². The maximum Gasteiger partial charge on any atom is 0.336 e. The van der Waals surface area contributed by atoms with E-state index >= 15 is 0 Å². The van der Waals surface area contributed by atoms with Crippen LogP contribution in [0.4, 0.5) is 0 Å². The van der Waals surface area contributed by atoms with Crippen molar-refractivity contribution in [3.63, 3.8) is 0 Å². The Morgan fingerprint density at radius 1 is 0.952 bits per heavy atom. The first kappa shape index (κ1) is 16.9. The number of allylic oxidation sites excluding steroid dienone is 2. The van der Waals surface area contributed by atoms with Gasteiger partial charge in [-0.05, 0) is 20.3 Å². The topological polar surface area (TPSA) is 86.2 Å². The molecule has 1 aromatic heterocycles. The lowest BCUT2D eigenvalue weighted by molar-refractivity contribution is 0.0650. The second-order valence-electron chi connectivity index (χ2n) is 5.36. The van der Waals surface area contributed by atoms with Crippen molar-refractivity contribution in [2.75, 3.05) is 0 Å². The van der Waals surface area contributed by atoms with E-state index in [0.717, 1.165) is 13.7 Å². The molecule has 0 aromatic carbocycles. The summed E-state index contributed by atoms with van der Waals surface area (Å²) in [6.07, 6.45) is 3.03. The molecule has 7 nitrogen and oxygen atoms in total. The van der Waals surface area contributed by atoms with Crippen molar-refractivity contribution >= 4 is 0 Å². The van der Waals surface area contributed by atoms with Crippen LogP contribution in [-0.2, 0) is 19.6 Å². The van der Waals surface area contributed by atoms with E-state index in [2.05, 4.69) is 13.2 Å². The zero-order valence-corrected chi connectivity index (χ0v) is 12.4. The van der Waals surface area contributed by atoms with Gasteiger partial charge in [0.2, 0.25) is 0 Å². The van der Waals surface area contributed by atoms with E-state index < -0.39 is 22.7 Å². The third kappa shape index (κ3) is 3.91. The van der Waals surface area contributed by atoms with Gasteiger partial charge in [0.25, 0.3) is 0 Å². The Morgan fingerprint density at radius 3 is 1.67 bits per heavy atom. The van der Waals surface area contributed by atoms with Crippen LogP contribution in [0.2, 0.25) is 0 Å². The van der Waals surface area contributed by atoms with Crippen molar-refractivity contribution in [3.05, 3.63) is 56.8 Å². The van der Waals surface area contributed by atoms with Crippen LogP contribution < -0.4 is 17.1 Å². The van der Waals surface area contributed by atoms with Crippen LogP contribution in [0.15, 0.2) is 39.7 Å². The van der Waals surface area contributed by atoms with E-state index in [0.29, 0.717) is 0 Å². The van der Waals surface area contributed by atoms with Crippen molar-refractivity contribution in [1.29, 1.82) is 0 Å². The highest BCUT2D eigenvalue weighted by molar-refractivity contribution is 4.85. The molecule has 21 heavy (non-hydrogen) atoms. The average molecular weight is 295 g/mol. The minimum absolute atomic E-state index is 0.0115. The molecule has 1 heterocycles. The maximum atomic E-state index is 12.2. The SMILES string of the molecule is C=CCn1c(=O)n(CC=C)c(=O)n(CCC(C)(C)O)c1=O. The number of aromatic nitrogens is 3. The third-order valence-corrected chi connectivity index (χ3v) is 2.96. The first-order chi connectivity index (χ1) is 9.72. The summed E-state index contributed by atoms with van der Waals surface area (Å²) in [5.41, 5.74) is -3.11. The van der Waals surface area contributed by atoms with E-state index in [4.69, 9.17) is 0 Å². The minimum Gasteiger partial charge on any atom is -0.390 e. The van der Waals surface area contributed by atoms with Gasteiger partial charge in [-0.1, -0.05) is 12.2 Å². The average Bonchev–Trinajstić information content (AvgIpc) is 2.38. The Morgan fingerprint density at radius 2 is 1.33 bits per heavy atom. The molecule has 0 saturated heterocycles. The van der Waals surface area contributed by atoms with Crippen molar-refractivity contribution < 1.29 is 5.11 Å². The smallest absolute Gasteiger partial charge is 0.336 e. The number of aliphatic hydroxyl groups is 1. The highest BCUT2D eigenvalue weighted by atomic mass is 16.3. The predicted octanol–water partition coefficient (Wildman–Crippen LogP) is -0.295. The van der Waals surface area contributed by atoms with Gasteiger partial charge in [-0.15, -0.1) is 13.2 Å². The predicted molar refractivity (Wildman–Crippen MR) is 80.5 cm³/mol. The quantitative estimate of drug-likeness (QED) is 0.700. The van der Waals surface area contributed by atoms with Crippen LogP contribution in [0, 0.1) is 0 Å². The summed E-state index contributed by atoms with van der Waals surface area (Å²) in [6, 6.07) is 0. The van der Waals surface area contributed by atoms with Gasteiger partial charge in [-0.3, -0.25) is 0 Å². The fourth-order valence-corrected chi connectivity index (χ4v) is 1.83. The monoisotopic (exact) mass is 295 g/mol. The highest BCUT2D eigenvalue weighted by Crippen LogP contribution is 2.06. The van der Waals surface area contributed by atoms with Crippen LogP contribution in [0.3, 0.4) is 0 Å². The molecule has 0 aliphatic rings. The lowest BCUT2D eigenvalue weighted by Gasteiger charge is -2.18. The van der Waals surface area contributed by atoms with Gasteiger partial charge >= 0.3 is 17.1 Å². The van der Waals surface area contributed by atoms with Gasteiger partial charge in [0.1, 0.15) is 0 Å². The standard InChI is InChI=1S/C14H21N3O4/c1-5-8-15-11(18)16(9-6-2)13(20)17(12(15)19)10-7-14(3,4)21/h5-6,21H,1-2,7-10H2,3-4H3. The van der Waals surface area contributed by atoms with Crippen LogP contribution in [-0.4, -0.2) is 24.4 Å². The Hall–Kier alpha value is -2.15. The van der Waals surface area contributed by atoms with Gasteiger partial charge in [0.15, 0.2) is 0 Å². The summed E-state index contributed by atoms with van der Waals surface area (Å²) in [5, 5.41) is 9.74. The lowest BCUT2D eigenvalue weighted by atomic mass is 10.1. The molecule has 0 radical (unpaired) electrons. The second kappa shape index (κ2) is 6.53. The second-order valence-corrected chi connectivity index (χ2v) is 5.36. The van der Waals surface area contributed by atoms with Crippen molar-refractivity contribution in [3.8, 4) is 0 Å². The zero-order valence-electron chi connectivity index (χ0n) is 12.4. The fourth-order valence-electron chi connectivity index (χ4n) is 1.83. The van der Waals surface area contributed by atoms with Crippen molar-refractivity contribution in [2.24, 2.45) is 0 Å².